The molecule has 6 nitrogen and oxygen atoms in total. The summed E-state index contributed by atoms with van der Waals surface area (Å²) >= 11 is 3.43. The van der Waals surface area contributed by atoms with Crippen LogP contribution < -0.4 is 4.74 Å². The van der Waals surface area contributed by atoms with E-state index in [9.17, 15) is 4.79 Å². The monoisotopic (exact) mass is 378 g/mol. The Bertz CT molecular complexity index is 744. The molecule has 7 heteroatoms. The van der Waals surface area contributed by atoms with E-state index in [0.717, 1.165) is 22.3 Å². The summed E-state index contributed by atoms with van der Waals surface area (Å²) in [6.45, 7) is 5.04. The van der Waals surface area contributed by atoms with E-state index < -0.39 is 0 Å². The molecule has 1 atom stereocenters. The Morgan fingerprint density at radius 1 is 1.43 bits per heavy atom. The molecule has 1 aliphatic heterocycles. The molecule has 1 unspecified atom stereocenters. The third-order valence-corrected chi connectivity index (χ3v) is 4.76. The second kappa shape index (κ2) is 6.31. The number of halogens is 1. The maximum absolute atomic E-state index is 12.8. The number of nitrogens with zero attached hydrogens (tertiary/aromatic N) is 4. The number of hydrogen-bond donors (Lipinski definition) is 0. The number of amides is 1. The van der Waals surface area contributed by atoms with Crippen molar-refractivity contribution in [3.63, 3.8) is 0 Å². The van der Waals surface area contributed by atoms with E-state index >= 15 is 0 Å². The Morgan fingerprint density at radius 2 is 2.22 bits per heavy atom. The molecule has 1 saturated heterocycles. The van der Waals surface area contributed by atoms with Gasteiger partial charge in [-0.3, -0.25) is 9.48 Å². The van der Waals surface area contributed by atoms with Gasteiger partial charge in [-0.25, -0.2) is 4.98 Å². The fraction of sp³-hybridized carbons (Fsp3) is 0.438. The third-order valence-electron chi connectivity index (χ3n) is 4.16. The van der Waals surface area contributed by atoms with Crippen LogP contribution in [0.4, 0.5) is 0 Å². The molecule has 0 aromatic carbocycles. The van der Waals surface area contributed by atoms with Gasteiger partial charge in [0, 0.05) is 31.9 Å². The molecule has 0 saturated carbocycles. The quantitative estimate of drug-likeness (QED) is 0.822. The molecule has 1 fully saturated rings. The smallest absolute Gasteiger partial charge is 0.257 e. The van der Waals surface area contributed by atoms with Gasteiger partial charge < -0.3 is 9.64 Å². The molecule has 3 heterocycles. The Balaban J connectivity index is 1.70. The lowest BCUT2D eigenvalue weighted by Gasteiger charge is -2.17. The molecule has 0 spiro atoms. The second-order valence-corrected chi connectivity index (χ2v) is 6.59. The predicted molar refractivity (Wildman–Crippen MR) is 89.6 cm³/mol. The van der Waals surface area contributed by atoms with Crippen LogP contribution in [0.3, 0.4) is 0 Å². The maximum Gasteiger partial charge on any atom is 0.257 e. The lowest BCUT2D eigenvalue weighted by molar-refractivity contribution is 0.0769. The van der Waals surface area contributed by atoms with E-state index in [1.807, 2.05) is 37.9 Å². The van der Waals surface area contributed by atoms with Crippen LogP contribution in [0, 0.1) is 13.8 Å². The minimum absolute atomic E-state index is 0.0271. The Kier molecular flexibility index (Phi) is 4.39. The predicted octanol–water partition coefficient (Wildman–Crippen LogP) is 2.49. The first-order valence-corrected chi connectivity index (χ1v) is 8.33. The zero-order valence-electron chi connectivity index (χ0n) is 13.4. The van der Waals surface area contributed by atoms with E-state index in [1.54, 1.807) is 10.9 Å². The van der Waals surface area contributed by atoms with Crippen molar-refractivity contribution in [1.82, 2.24) is 19.7 Å². The first-order valence-electron chi connectivity index (χ1n) is 7.54. The maximum atomic E-state index is 12.8. The highest BCUT2D eigenvalue weighted by atomic mass is 79.9. The SMILES string of the molecule is Cc1nn(C)c(C)c1C(=O)N1CCC(Oc2ncccc2Br)C1. The van der Waals surface area contributed by atoms with Crippen molar-refractivity contribution in [2.24, 2.45) is 7.05 Å². The van der Waals surface area contributed by atoms with Crippen molar-refractivity contribution in [1.29, 1.82) is 0 Å². The summed E-state index contributed by atoms with van der Waals surface area (Å²) in [6.07, 6.45) is 2.45. The van der Waals surface area contributed by atoms with Gasteiger partial charge in [0.05, 0.1) is 22.3 Å². The topological polar surface area (TPSA) is 60.2 Å². The van der Waals surface area contributed by atoms with Crippen LogP contribution in [-0.2, 0) is 7.05 Å². The molecule has 3 rings (SSSR count). The number of rotatable bonds is 3. The van der Waals surface area contributed by atoms with E-state index in [0.29, 0.717) is 24.5 Å². The zero-order chi connectivity index (χ0) is 16.6. The van der Waals surface area contributed by atoms with Gasteiger partial charge >= 0.3 is 0 Å². The minimum atomic E-state index is -0.0394. The second-order valence-electron chi connectivity index (χ2n) is 5.74. The molecule has 2 aromatic rings. The number of pyridine rings is 1. The van der Waals surface area contributed by atoms with Gasteiger partial charge in [-0.05, 0) is 41.9 Å². The highest BCUT2D eigenvalue weighted by Crippen LogP contribution is 2.25. The number of carbonyl (C=O) groups excluding carboxylic acids is 1. The number of aryl methyl sites for hydroxylation is 2. The van der Waals surface area contributed by atoms with Gasteiger partial charge in [0.25, 0.3) is 5.91 Å². The number of likely N-dealkylation sites (tertiary alicyclic amines) is 1. The molecule has 0 radical (unpaired) electrons. The Hall–Kier alpha value is -1.89. The Labute approximate surface area is 143 Å². The number of ether oxygens (including phenoxy) is 1. The van der Waals surface area contributed by atoms with Crippen LogP contribution >= 0.6 is 15.9 Å². The molecule has 0 N–H and O–H groups in total. The van der Waals surface area contributed by atoms with Gasteiger partial charge in [0.2, 0.25) is 5.88 Å². The number of hydrogen-bond acceptors (Lipinski definition) is 4. The van der Waals surface area contributed by atoms with Gasteiger partial charge in [-0.2, -0.15) is 5.10 Å². The average molecular weight is 379 g/mol. The summed E-state index contributed by atoms with van der Waals surface area (Å²) in [5, 5.41) is 4.32. The first-order chi connectivity index (χ1) is 11.0. The van der Waals surface area contributed by atoms with Crippen LogP contribution in [0.1, 0.15) is 28.2 Å². The van der Waals surface area contributed by atoms with Crippen LogP contribution in [0.15, 0.2) is 22.8 Å². The van der Waals surface area contributed by atoms with Crippen molar-refractivity contribution in [2.75, 3.05) is 13.1 Å². The fourth-order valence-corrected chi connectivity index (χ4v) is 3.21. The number of carbonyl (C=O) groups is 1. The first kappa shape index (κ1) is 16.0. The molecule has 1 aliphatic rings. The van der Waals surface area contributed by atoms with Gasteiger partial charge in [0.1, 0.15) is 6.10 Å². The normalized spacial score (nSPS) is 17.6. The largest absolute Gasteiger partial charge is 0.472 e. The van der Waals surface area contributed by atoms with Crippen LogP contribution in [0.2, 0.25) is 0 Å². The molecule has 0 bridgehead atoms. The van der Waals surface area contributed by atoms with Crippen molar-refractivity contribution in [3.05, 3.63) is 39.8 Å². The lowest BCUT2D eigenvalue weighted by Crippen LogP contribution is -2.31. The van der Waals surface area contributed by atoms with Crippen LogP contribution in [-0.4, -0.2) is 44.8 Å². The van der Waals surface area contributed by atoms with Crippen molar-refractivity contribution in [3.8, 4) is 5.88 Å². The molecule has 1 amide bonds. The molecule has 122 valence electrons. The summed E-state index contributed by atoms with van der Waals surface area (Å²) in [7, 11) is 1.85. The lowest BCUT2D eigenvalue weighted by atomic mass is 10.2. The summed E-state index contributed by atoms with van der Waals surface area (Å²) in [5.41, 5.74) is 2.36. The van der Waals surface area contributed by atoms with Crippen molar-refractivity contribution in [2.45, 2.75) is 26.4 Å². The van der Waals surface area contributed by atoms with Crippen LogP contribution in [0.25, 0.3) is 0 Å². The van der Waals surface area contributed by atoms with E-state index in [4.69, 9.17) is 4.74 Å². The zero-order valence-corrected chi connectivity index (χ0v) is 15.0. The van der Waals surface area contributed by atoms with Gasteiger partial charge in [-0.15, -0.1) is 0 Å². The molecule has 0 aliphatic carbocycles. The third kappa shape index (κ3) is 3.10. The average Bonchev–Trinajstić information content (AvgIpc) is 3.07. The van der Waals surface area contributed by atoms with Crippen molar-refractivity contribution < 1.29 is 9.53 Å². The van der Waals surface area contributed by atoms with E-state index in [-0.39, 0.29) is 12.0 Å². The number of aromatic nitrogens is 3. The Morgan fingerprint density at radius 3 is 2.87 bits per heavy atom. The minimum Gasteiger partial charge on any atom is -0.472 e. The summed E-state index contributed by atoms with van der Waals surface area (Å²) in [5.74, 6) is 0.597. The van der Waals surface area contributed by atoms with Gasteiger partial charge in [-0.1, -0.05) is 0 Å². The summed E-state index contributed by atoms with van der Waals surface area (Å²) in [4.78, 5) is 18.8. The van der Waals surface area contributed by atoms with Crippen LogP contribution in [0.5, 0.6) is 5.88 Å². The van der Waals surface area contributed by atoms with Crippen molar-refractivity contribution >= 4 is 21.8 Å². The highest BCUT2D eigenvalue weighted by molar-refractivity contribution is 9.10. The van der Waals surface area contributed by atoms with E-state index in [2.05, 4.69) is 26.0 Å². The van der Waals surface area contributed by atoms with E-state index in [1.165, 1.54) is 0 Å². The standard InChI is InChI=1S/C16H19BrN4O2/c1-10-14(11(2)20(3)19-10)16(22)21-8-6-12(9-21)23-15-13(17)5-4-7-18-15/h4-5,7,12H,6,8-9H2,1-3H3. The summed E-state index contributed by atoms with van der Waals surface area (Å²) < 4.78 is 8.49. The molecule has 23 heavy (non-hydrogen) atoms. The molecular weight excluding hydrogens is 360 g/mol. The van der Waals surface area contributed by atoms with Gasteiger partial charge in [0.15, 0.2) is 0 Å². The molecule has 2 aromatic heterocycles. The molecular formula is C16H19BrN4O2. The fourth-order valence-electron chi connectivity index (χ4n) is 2.87. The summed E-state index contributed by atoms with van der Waals surface area (Å²) in [6, 6.07) is 3.73. The highest BCUT2D eigenvalue weighted by Gasteiger charge is 2.31.